The molecule has 8 nitrogen and oxygen atoms in total. The first-order valence-corrected chi connectivity index (χ1v) is 10.9. The molecule has 0 bridgehead atoms. The quantitative estimate of drug-likeness (QED) is 0.449. The summed E-state index contributed by atoms with van der Waals surface area (Å²) in [7, 11) is 1.94. The first kappa shape index (κ1) is 21.5. The lowest BCUT2D eigenvalue weighted by atomic mass is 10.1. The van der Waals surface area contributed by atoms with Crippen LogP contribution in [0.4, 0.5) is 5.69 Å². The van der Waals surface area contributed by atoms with Gasteiger partial charge in [-0.2, -0.15) is 0 Å². The second kappa shape index (κ2) is 9.61. The normalized spacial score (nSPS) is 10.8. The summed E-state index contributed by atoms with van der Waals surface area (Å²) in [5.41, 5.74) is 2.39. The van der Waals surface area contributed by atoms with Crippen LogP contribution in [0.3, 0.4) is 0 Å². The van der Waals surface area contributed by atoms with Gasteiger partial charge in [-0.15, -0.1) is 0 Å². The molecule has 1 aromatic carbocycles. The summed E-state index contributed by atoms with van der Waals surface area (Å²) in [6.07, 6.45) is 7.44. The molecule has 0 spiro atoms. The number of rotatable bonds is 7. The highest BCUT2D eigenvalue weighted by molar-refractivity contribution is 7.99. The standard InChI is InChI=1S/C23H22N6O2S/c1-15-19(22(31)28-21(26-15)16-9-11-24-12-10-16)7-8-20(30)27-17-3-5-18(6-4-17)32-23-25-13-14-29(23)2/h3-6,9-14H,7-8H2,1-2H3,(H,27,30)(H,26,28,31). The van der Waals surface area contributed by atoms with E-state index in [1.807, 2.05) is 42.1 Å². The van der Waals surface area contributed by atoms with Crippen LogP contribution in [0.15, 0.2) is 76.0 Å². The summed E-state index contributed by atoms with van der Waals surface area (Å²) in [6, 6.07) is 11.1. The first-order chi connectivity index (χ1) is 15.5. The van der Waals surface area contributed by atoms with Crippen molar-refractivity contribution in [3.63, 3.8) is 0 Å². The first-order valence-electron chi connectivity index (χ1n) is 10.0. The van der Waals surface area contributed by atoms with E-state index in [2.05, 4.69) is 25.3 Å². The molecule has 4 rings (SSSR count). The van der Waals surface area contributed by atoms with Gasteiger partial charge < -0.3 is 14.9 Å². The molecule has 32 heavy (non-hydrogen) atoms. The van der Waals surface area contributed by atoms with Crippen LogP contribution in [-0.2, 0) is 18.3 Å². The number of imidazole rings is 1. The number of H-pyrrole nitrogens is 1. The number of nitrogens with zero attached hydrogens (tertiary/aromatic N) is 4. The van der Waals surface area contributed by atoms with E-state index in [0.717, 1.165) is 15.6 Å². The molecular weight excluding hydrogens is 424 g/mol. The van der Waals surface area contributed by atoms with Gasteiger partial charge in [-0.05, 0) is 49.7 Å². The number of aromatic amines is 1. The van der Waals surface area contributed by atoms with Gasteiger partial charge in [0.05, 0.1) is 0 Å². The van der Waals surface area contributed by atoms with Gasteiger partial charge in [0.2, 0.25) is 5.91 Å². The van der Waals surface area contributed by atoms with Crippen molar-refractivity contribution in [1.82, 2.24) is 24.5 Å². The maximum atomic E-state index is 12.5. The van der Waals surface area contributed by atoms with Gasteiger partial charge in [-0.3, -0.25) is 14.6 Å². The molecule has 0 aliphatic rings. The molecule has 3 heterocycles. The van der Waals surface area contributed by atoms with E-state index in [4.69, 9.17) is 0 Å². The van der Waals surface area contributed by atoms with E-state index in [0.29, 0.717) is 29.2 Å². The fourth-order valence-corrected chi connectivity index (χ4v) is 3.98. The fraction of sp³-hybridized carbons (Fsp3) is 0.174. The summed E-state index contributed by atoms with van der Waals surface area (Å²) in [6.45, 7) is 1.78. The van der Waals surface area contributed by atoms with Crippen LogP contribution < -0.4 is 10.9 Å². The van der Waals surface area contributed by atoms with Gasteiger partial charge in [0, 0.05) is 65.7 Å². The Morgan fingerprint density at radius 2 is 1.88 bits per heavy atom. The van der Waals surface area contributed by atoms with E-state index >= 15 is 0 Å². The van der Waals surface area contributed by atoms with Crippen LogP contribution in [0.5, 0.6) is 0 Å². The molecule has 2 N–H and O–H groups in total. The second-order valence-electron chi connectivity index (χ2n) is 7.21. The van der Waals surface area contributed by atoms with Gasteiger partial charge in [0.1, 0.15) is 5.82 Å². The summed E-state index contributed by atoms with van der Waals surface area (Å²) in [5.74, 6) is 0.332. The average molecular weight is 447 g/mol. The minimum absolute atomic E-state index is 0.161. The average Bonchev–Trinajstić information content (AvgIpc) is 3.19. The molecular formula is C23H22N6O2S. The van der Waals surface area contributed by atoms with E-state index in [9.17, 15) is 9.59 Å². The van der Waals surface area contributed by atoms with Crippen molar-refractivity contribution in [2.75, 3.05) is 5.32 Å². The third-order valence-corrected chi connectivity index (χ3v) is 5.99. The number of benzene rings is 1. The molecule has 0 unspecified atom stereocenters. The predicted octanol–water partition coefficient (Wildman–Crippen LogP) is 3.60. The minimum Gasteiger partial charge on any atom is -0.329 e. The van der Waals surface area contributed by atoms with Crippen molar-refractivity contribution >= 4 is 23.4 Å². The Kier molecular flexibility index (Phi) is 6.46. The van der Waals surface area contributed by atoms with Crippen molar-refractivity contribution < 1.29 is 4.79 Å². The molecule has 4 aromatic rings. The number of aryl methyl sites for hydroxylation is 2. The SMILES string of the molecule is Cc1nc(-c2ccncc2)[nH]c(=O)c1CCC(=O)Nc1ccc(Sc2nccn2C)cc1. The van der Waals surface area contributed by atoms with Gasteiger partial charge in [0.15, 0.2) is 5.16 Å². The largest absolute Gasteiger partial charge is 0.329 e. The van der Waals surface area contributed by atoms with Crippen LogP contribution in [0.1, 0.15) is 17.7 Å². The Bertz CT molecular complexity index is 1280. The Morgan fingerprint density at radius 3 is 2.53 bits per heavy atom. The number of carbonyl (C=O) groups excluding carboxylic acids is 1. The van der Waals surface area contributed by atoms with E-state index in [1.54, 1.807) is 49.4 Å². The number of pyridine rings is 1. The highest BCUT2D eigenvalue weighted by atomic mass is 32.2. The third-order valence-electron chi connectivity index (χ3n) is 4.90. The van der Waals surface area contributed by atoms with Gasteiger partial charge >= 0.3 is 0 Å². The Morgan fingerprint density at radius 1 is 1.12 bits per heavy atom. The van der Waals surface area contributed by atoms with Crippen molar-refractivity contribution in [1.29, 1.82) is 0 Å². The molecule has 3 aromatic heterocycles. The molecule has 0 aliphatic heterocycles. The van der Waals surface area contributed by atoms with Crippen LogP contribution in [0.2, 0.25) is 0 Å². The topological polar surface area (TPSA) is 106 Å². The Labute approximate surface area is 189 Å². The van der Waals surface area contributed by atoms with E-state index < -0.39 is 0 Å². The number of hydrogen-bond acceptors (Lipinski definition) is 6. The molecule has 0 atom stereocenters. The zero-order chi connectivity index (χ0) is 22.5. The maximum Gasteiger partial charge on any atom is 0.254 e. The molecule has 9 heteroatoms. The van der Waals surface area contributed by atoms with E-state index in [1.165, 1.54) is 0 Å². The number of anilines is 1. The Balaban J connectivity index is 1.36. The molecule has 0 saturated carbocycles. The summed E-state index contributed by atoms with van der Waals surface area (Å²) in [4.78, 5) is 41.5. The van der Waals surface area contributed by atoms with Gasteiger partial charge in [-0.25, -0.2) is 9.97 Å². The van der Waals surface area contributed by atoms with Crippen molar-refractivity contribution in [2.45, 2.75) is 29.8 Å². The molecule has 162 valence electrons. The van der Waals surface area contributed by atoms with Crippen molar-refractivity contribution in [2.24, 2.45) is 7.05 Å². The monoisotopic (exact) mass is 446 g/mol. The molecule has 0 fully saturated rings. The van der Waals surface area contributed by atoms with Crippen LogP contribution in [0.25, 0.3) is 11.4 Å². The fourth-order valence-electron chi connectivity index (χ4n) is 3.18. The number of nitrogens with one attached hydrogen (secondary N) is 2. The number of amides is 1. The molecule has 0 radical (unpaired) electrons. The predicted molar refractivity (Wildman–Crippen MR) is 124 cm³/mol. The lowest BCUT2D eigenvalue weighted by molar-refractivity contribution is -0.116. The van der Waals surface area contributed by atoms with Crippen LogP contribution in [0, 0.1) is 6.92 Å². The summed E-state index contributed by atoms with van der Waals surface area (Å²) < 4.78 is 1.95. The lowest BCUT2D eigenvalue weighted by Gasteiger charge is -2.09. The smallest absolute Gasteiger partial charge is 0.254 e. The highest BCUT2D eigenvalue weighted by Gasteiger charge is 2.12. The molecule has 1 amide bonds. The van der Waals surface area contributed by atoms with Gasteiger partial charge in [-0.1, -0.05) is 11.8 Å². The summed E-state index contributed by atoms with van der Waals surface area (Å²) in [5, 5.41) is 3.77. The Hall–Kier alpha value is -3.72. The minimum atomic E-state index is -0.229. The molecule has 0 aliphatic carbocycles. The number of aromatic nitrogens is 5. The zero-order valence-electron chi connectivity index (χ0n) is 17.7. The molecule has 0 saturated heterocycles. The van der Waals surface area contributed by atoms with Crippen LogP contribution in [-0.4, -0.2) is 30.4 Å². The van der Waals surface area contributed by atoms with Gasteiger partial charge in [0.25, 0.3) is 5.56 Å². The third kappa shape index (κ3) is 5.12. The zero-order valence-corrected chi connectivity index (χ0v) is 18.5. The van der Waals surface area contributed by atoms with Crippen LogP contribution >= 0.6 is 11.8 Å². The summed E-state index contributed by atoms with van der Waals surface area (Å²) >= 11 is 1.55. The van der Waals surface area contributed by atoms with E-state index in [-0.39, 0.29) is 17.9 Å². The van der Waals surface area contributed by atoms with Crippen molar-refractivity contribution in [3.8, 4) is 11.4 Å². The maximum absolute atomic E-state index is 12.5. The lowest BCUT2D eigenvalue weighted by Crippen LogP contribution is -2.20. The highest BCUT2D eigenvalue weighted by Crippen LogP contribution is 2.26. The van der Waals surface area contributed by atoms with Crippen molar-refractivity contribution in [3.05, 3.63) is 82.8 Å². The second-order valence-corrected chi connectivity index (χ2v) is 8.25. The number of carbonyl (C=O) groups is 1. The number of hydrogen-bond donors (Lipinski definition) is 2.